The van der Waals surface area contributed by atoms with Gasteiger partial charge in [0.05, 0.1) is 17.0 Å². The van der Waals surface area contributed by atoms with Gasteiger partial charge in [-0.2, -0.15) is 0 Å². The number of anilines is 1. The molecule has 2 aromatic rings. The molecule has 1 aromatic heterocycles. The van der Waals surface area contributed by atoms with Crippen LogP contribution in [0.1, 0.15) is 12.8 Å². The fourth-order valence-corrected chi connectivity index (χ4v) is 3.33. The molecule has 1 saturated heterocycles. The normalized spacial score (nSPS) is 15.0. The van der Waals surface area contributed by atoms with E-state index in [4.69, 9.17) is 11.6 Å². The van der Waals surface area contributed by atoms with Gasteiger partial charge in [0.15, 0.2) is 0 Å². The molecule has 1 fully saturated rings. The number of amides is 3. The highest BCUT2D eigenvalue weighted by Gasteiger charge is 2.28. The number of rotatable bonds is 3. The number of imidazole rings is 1. The summed E-state index contributed by atoms with van der Waals surface area (Å²) in [6, 6.07) is 5.40. The third-order valence-electron chi connectivity index (χ3n) is 4.52. The van der Waals surface area contributed by atoms with Gasteiger partial charge >= 0.3 is 6.03 Å². The summed E-state index contributed by atoms with van der Waals surface area (Å²) in [5.41, 5.74) is 1.47. The highest BCUT2D eigenvalue weighted by Crippen LogP contribution is 2.26. The minimum absolute atomic E-state index is 0.00858. The van der Waals surface area contributed by atoms with E-state index in [0.29, 0.717) is 36.6 Å². The predicted molar refractivity (Wildman–Crippen MR) is 101 cm³/mol. The Morgan fingerprint density at radius 3 is 2.58 bits per heavy atom. The van der Waals surface area contributed by atoms with Gasteiger partial charge in [-0.3, -0.25) is 4.79 Å². The van der Waals surface area contributed by atoms with E-state index >= 15 is 0 Å². The fourth-order valence-electron chi connectivity index (χ4n) is 3.06. The third-order valence-corrected chi connectivity index (χ3v) is 4.82. The Hall–Kier alpha value is -2.54. The van der Waals surface area contributed by atoms with Crippen LogP contribution in [0.2, 0.25) is 5.02 Å². The number of hydrogen-bond donors (Lipinski definition) is 1. The van der Waals surface area contributed by atoms with E-state index < -0.39 is 0 Å². The standard InChI is InChI=1S/C18H22ClN5O2/c1-22(2)18(26)23-8-5-13(6-9-23)17(25)21-14-3-4-16(15(19)11-14)24-10-7-20-12-24/h3-4,7,10-13H,5-6,8-9H2,1-2H3,(H,21,25). The lowest BCUT2D eigenvalue weighted by molar-refractivity contribution is -0.121. The molecule has 1 aliphatic heterocycles. The van der Waals surface area contributed by atoms with Gasteiger partial charge in [0, 0.05) is 51.2 Å². The summed E-state index contributed by atoms with van der Waals surface area (Å²) < 4.78 is 1.81. The zero-order valence-corrected chi connectivity index (χ0v) is 15.6. The zero-order chi connectivity index (χ0) is 18.7. The van der Waals surface area contributed by atoms with Crippen molar-refractivity contribution in [2.75, 3.05) is 32.5 Å². The van der Waals surface area contributed by atoms with Crippen LogP contribution in [-0.2, 0) is 4.79 Å². The Morgan fingerprint density at radius 2 is 2.00 bits per heavy atom. The summed E-state index contributed by atoms with van der Waals surface area (Å²) in [5.74, 6) is -0.137. The van der Waals surface area contributed by atoms with Crippen molar-refractivity contribution in [3.05, 3.63) is 41.9 Å². The molecule has 8 heteroatoms. The molecule has 0 spiro atoms. The molecule has 26 heavy (non-hydrogen) atoms. The molecule has 7 nitrogen and oxygen atoms in total. The lowest BCUT2D eigenvalue weighted by atomic mass is 9.96. The molecular formula is C18H22ClN5O2. The molecule has 1 N–H and O–H groups in total. The van der Waals surface area contributed by atoms with Crippen LogP contribution in [0.4, 0.5) is 10.5 Å². The van der Waals surface area contributed by atoms with Crippen molar-refractivity contribution in [2.45, 2.75) is 12.8 Å². The Labute approximate surface area is 157 Å². The van der Waals surface area contributed by atoms with E-state index in [9.17, 15) is 9.59 Å². The van der Waals surface area contributed by atoms with Gasteiger partial charge in [0.2, 0.25) is 5.91 Å². The van der Waals surface area contributed by atoms with Crippen molar-refractivity contribution in [3.8, 4) is 5.69 Å². The van der Waals surface area contributed by atoms with Crippen molar-refractivity contribution < 1.29 is 9.59 Å². The van der Waals surface area contributed by atoms with Crippen molar-refractivity contribution in [1.82, 2.24) is 19.4 Å². The number of piperidine rings is 1. The predicted octanol–water partition coefficient (Wildman–Crippen LogP) is 2.86. The lowest BCUT2D eigenvalue weighted by Gasteiger charge is -2.33. The molecule has 3 rings (SSSR count). The number of carbonyl (C=O) groups excluding carboxylic acids is 2. The van der Waals surface area contributed by atoms with Gasteiger partial charge in [-0.05, 0) is 31.0 Å². The molecule has 1 aromatic carbocycles. The number of nitrogens with one attached hydrogen (secondary N) is 1. The number of hydrogen-bond acceptors (Lipinski definition) is 3. The monoisotopic (exact) mass is 375 g/mol. The van der Waals surface area contributed by atoms with Crippen LogP contribution in [0.5, 0.6) is 0 Å². The van der Waals surface area contributed by atoms with E-state index in [2.05, 4.69) is 10.3 Å². The van der Waals surface area contributed by atoms with Crippen LogP contribution in [-0.4, -0.2) is 58.5 Å². The van der Waals surface area contributed by atoms with Gasteiger partial charge < -0.3 is 19.7 Å². The van der Waals surface area contributed by atoms with Gasteiger partial charge in [-0.15, -0.1) is 0 Å². The maximum atomic E-state index is 12.5. The summed E-state index contributed by atoms with van der Waals surface area (Å²) >= 11 is 6.32. The van der Waals surface area contributed by atoms with Gasteiger partial charge in [0.1, 0.15) is 0 Å². The Kier molecular flexibility index (Phi) is 5.46. The summed E-state index contributed by atoms with van der Waals surface area (Å²) in [6.07, 6.45) is 6.47. The molecular weight excluding hydrogens is 354 g/mol. The largest absolute Gasteiger partial charge is 0.331 e. The first-order valence-electron chi connectivity index (χ1n) is 8.50. The van der Waals surface area contributed by atoms with Crippen molar-refractivity contribution in [2.24, 2.45) is 5.92 Å². The number of aromatic nitrogens is 2. The number of likely N-dealkylation sites (tertiary alicyclic amines) is 1. The maximum Gasteiger partial charge on any atom is 0.319 e. The molecule has 0 saturated carbocycles. The number of nitrogens with zero attached hydrogens (tertiary/aromatic N) is 4. The maximum absolute atomic E-state index is 12.5. The van der Waals surface area contributed by atoms with Gasteiger partial charge in [-0.1, -0.05) is 11.6 Å². The summed E-state index contributed by atoms with van der Waals surface area (Å²) in [7, 11) is 3.47. The number of urea groups is 1. The smallest absolute Gasteiger partial charge is 0.319 e. The van der Waals surface area contributed by atoms with Crippen LogP contribution in [0.15, 0.2) is 36.9 Å². The SMILES string of the molecule is CN(C)C(=O)N1CCC(C(=O)Nc2ccc(-n3ccnc3)c(Cl)c2)CC1. The summed E-state index contributed by atoms with van der Waals surface area (Å²) in [6.45, 7) is 1.19. The molecule has 0 atom stereocenters. The minimum Gasteiger partial charge on any atom is -0.331 e. The second kappa shape index (κ2) is 7.78. The average molecular weight is 376 g/mol. The van der Waals surface area contributed by atoms with E-state index in [0.717, 1.165) is 5.69 Å². The second-order valence-electron chi connectivity index (χ2n) is 6.56. The first-order valence-corrected chi connectivity index (χ1v) is 8.88. The van der Waals surface area contributed by atoms with E-state index in [1.807, 2.05) is 22.9 Å². The molecule has 0 aliphatic carbocycles. The lowest BCUT2D eigenvalue weighted by Crippen LogP contribution is -2.45. The molecule has 0 radical (unpaired) electrons. The number of carbonyl (C=O) groups is 2. The Balaban J connectivity index is 1.59. The summed E-state index contributed by atoms with van der Waals surface area (Å²) in [4.78, 5) is 31.8. The molecule has 3 amide bonds. The van der Waals surface area contributed by atoms with Crippen molar-refractivity contribution in [3.63, 3.8) is 0 Å². The Morgan fingerprint density at radius 1 is 1.27 bits per heavy atom. The van der Waals surface area contributed by atoms with E-state index in [1.165, 1.54) is 0 Å². The van der Waals surface area contributed by atoms with Crippen LogP contribution < -0.4 is 5.32 Å². The second-order valence-corrected chi connectivity index (χ2v) is 6.97. The van der Waals surface area contributed by atoms with E-state index in [-0.39, 0.29) is 17.9 Å². The topological polar surface area (TPSA) is 70.5 Å². The van der Waals surface area contributed by atoms with E-state index in [1.54, 1.807) is 42.5 Å². The molecule has 138 valence electrons. The number of halogens is 1. The Bertz CT molecular complexity index is 783. The van der Waals surface area contributed by atoms with Crippen LogP contribution >= 0.6 is 11.6 Å². The van der Waals surface area contributed by atoms with Crippen LogP contribution in [0, 0.1) is 5.92 Å². The zero-order valence-electron chi connectivity index (χ0n) is 14.9. The van der Waals surface area contributed by atoms with Crippen molar-refractivity contribution >= 4 is 29.2 Å². The first-order chi connectivity index (χ1) is 12.5. The van der Waals surface area contributed by atoms with Crippen molar-refractivity contribution in [1.29, 1.82) is 0 Å². The van der Waals surface area contributed by atoms with Gasteiger partial charge in [0.25, 0.3) is 0 Å². The highest BCUT2D eigenvalue weighted by molar-refractivity contribution is 6.32. The molecule has 0 bridgehead atoms. The van der Waals surface area contributed by atoms with Crippen LogP contribution in [0.3, 0.4) is 0 Å². The third kappa shape index (κ3) is 3.99. The van der Waals surface area contributed by atoms with Crippen LogP contribution in [0.25, 0.3) is 5.69 Å². The minimum atomic E-state index is -0.103. The molecule has 1 aliphatic rings. The molecule has 2 heterocycles. The highest BCUT2D eigenvalue weighted by atomic mass is 35.5. The quantitative estimate of drug-likeness (QED) is 0.896. The molecule has 0 unspecified atom stereocenters. The number of benzene rings is 1. The average Bonchev–Trinajstić information content (AvgIpc) is 3.15. The van der Waals surface area contributed by atoms with Gasteiger partial charge in [-0.25, -0.2) is 9.78 Å². The fraction of sp³-hybridized carbons (Fsp3) is 0.389. The summed E-state index contributed by atoms with van der Waals surface area (Å²) in [5, 5.41) is 3.46. The first kappa shape index (κ1) is 18.3.